The second kappa shape index (κ2) is 13.2. The summed E-state index contributed by atoms with van der Waals surface area (Å²) in [5, 5.41) is 14.1. The molecule has 2 aromatic carbocycles. The minimum absolute atomic E-state index is 0.0940. The number of hydrogen-bond donors (Lipinski definition) is 1. The Morgan fingerprint density at radius 3 is 2.53 bits per heavy atom. The van der Waals surface area contributed by atoms with Gasteiger partial charge in [0.05, 0.1) is 18.2 Å². The van der Waals surface area contributed by atoms with Crippen molar-refractivity contribution in [2.45, 2.75) is 32.9 Å². The van der Waals surface area contributed by atoms with E-state index in [0.29, 0.717) is 37.4 Å². The monoisotopic (exact) mass is 533 g/mol. The van der Waals surface area contributed by atoms with E-state index >= 15 is 0 Å². The molecule has 4 rings (SSSR count). The van der Waals surface area contributed by atoms with E-state index in [0.717, 1.165) is 41.9 Å². The summed E-state index contributed by atoms with van der Waals surface area (Å²) < 4.78 is 13.5. The quantitative estimate of drug-likeness (QED) is 0.387. The first kappa shape index (κ1) is 27.3. The summed E-state index contributed by atoms with van der Waals surface area (Å²) in [7, 11) is 0. The first-order chi connectivity index (χ1) is 18.4. The van der Waals surface area contributed by atoms with Crippen LogP contribution in [-0.2, 0) is 17.9 Å². The number of nitrogens with zero attached hydrogens (tertiary/aromatic N) is 4. The van der Waals surface area contributed by atoms with Crippen LogP contribution in [-0.4, -0.2) is 59.4 Å². The summed E-state index contributed by atoms with van der Waals surface area (Å²) in [5.74, 6) is -0.518. The molecule has 7 nitrogen and oxygen atoms in total. The highest BCUT2D eigenvalue weighted by Gasteiger charge is 2.24. The Morgan fingerprint density at radius 2 is 1.84 bits per heavy atom. The molecule has 198 valence electrons. The minimum Gasteiger partial charge on any atom is -0.332 e. The van der Waals surface area contributed by atoms with Crippen LogP contribution in [0.1, 0.15) is 34.4 Å². The molecular weight excluding hydrogens is 501 g/mol. The Morgan fingerprint density at radius 1 is 1.08 bits per heavy atom. The van der Waals surface area contributed by atoms with Crippen molar-refractivity contribution in [3.05, 3.63) is 87.4 Å². The number of aryl methyl sites for hydroxylation is 1. The molecule has 38 heavy (non-hydrogen) atoms. The number of rotatable bonds is 10. The number of thiophene rings is 1. The van der Waals surface area contributed by atoms with E-state index < -0.39 is 0 Å². The number of nitriles is 1. The summed E-state index contributed by atoms with van der Waals surface area (Å²) in [6.45, 7) is 5.69. The van der Waals surface area contributed by atoms with Crippen LogP contribution in [0, 0.1) is 24.1 Å². The number of carbonyl (C=O) groups excluding carboxylic acids is 2. The Bertz CT molecular complexity index is 1280. The highest BCUT2D eigenvalue weighted by Crippen LogP contribution is 2.20. The van der Waals surface area contributed by atoms with Crippen LogP contribution in [0.4, 0.5) is 14.9 Å². The van der Waals surface area contributed by atoms with Crippen molar-refractivity contribution in [2.75, 3.05) is 38.0 Å². The maximum Gasteiger partial charge on any atom is 0.322 e. The SMILES string of the molecule is Cc1ccsc1CN(Cc1ccc(F)cc1)C(=O)CN(CCN1CCCC1)C(=O)Nc1cccc(C#N)c1. The maximum absolute atomic E-state index is 13.7. The lowest BCUT2D eigenvalue weighted by molar-refractivity contribution is -0.133. The lowest BCUT2D eigenvalue weighted by atomic mass is 10.2. The normalized spacial score (nSPS) is 13.2. The van der Waals surface area contributed by atoms with Gasteiger partial charge >= 0.3 is 6.03 Å². The van der Waals surface area contributed by atoms with Gasteiger partial charge < -0.3 is 20.0 Å². The second-order valence-corrected chi connectivity index (χ2v) is 10.5. The predicted octanol–water partition coefficient (Wildman–Crippen LogP) is 5.23. The topological polar surface area (TPSA) is 79.7 Å². The molecule has 3 amide bonds. The molecule has 0 bridgehead atoms. The molecule has 0 unspecified atom stereocenters. The van der Waals surface area contributed by atoms with Crippen LogP contribution in [0.3, 0.4) is 0 Å². The maximum atomic E-state index is 13.7. The smallest absolute Gasteiger partial charge is 0.322 e. The van der Waals surface area contributed by atoms with Gasteiger partial charge in [0.15, 0.2) is 0 Å². The van der Waals surface area contributed by atoms with E-state index in [-0.39, 0.29) is 24.3 Å². The standard InChI is InChI=1S/C29H32FN5O2S/c1-22-11-16-38-27(22)20-35(19-23-7-9-25(30)10-8-23)28(36)21-34(15-14-33-12-2-3-13-33)29(37)32-26-6-4-5-24(17-26)18-31/h4-11,16-17H,2-3,12-15,19-21H2,1H3,(H,32,37). The number of likely N-dealkylation sites (tertiary alicyclic amines) is 1. The van der Waals surface area contributed by atoms with Gasteiger partial charge in [-0.05, 0) is 85.8 Å². The third-order valence-electron chi connectivity index (χ3n) is 6.68. The number of amides is 3. The number of nitrogens with one attached hydrogen (secondary N) is 1. The van der Waals surface area contributed by atoms with Crippen molar-refractivity contribution in [1.82, 2.24) is 14.7 Å². The molecule has 1 saturated heterocycles. The van der Waals surface area contributed by atoms with Crippen LogP contribution in [0.15, 0.2) is 60.0 Å². The number of halogens is 1. The summed E-state index contributed by atoms with van der Waals surface area (Å²) in [5.41, 5.74) is 2.87. The minimum atomic E-state index is -0.387. The van der Waals surface area contributed by atoms with Crippen LogP contribution < -0.4 is 5.32 Å². The van der Waals surface area contributed by atoms with E-state index in [1.807, 2.05) is 18.4 Å². The number of hydrogen-bond acceptors (Lipinski definition) is 5. The third kappa shape index (κ3) is 7.63. The Kier molecular flexibility index (Phi) is 9.46. The zero-order valence-corrected chi connectivity index (χ0v) is 22.3. The third-order valence-corrected chi connectivity index (χ3v) is 7.69. The molecule has 3 aromatic rings. The van der Waals surface area contributed by atoms with Gasteiger partial charge in [-0.25, -0.2) is 9.18 Å². The highest BCUT2D eigenvalue weighted by molar-refractivity contribution is 7.10. The van der Waals surface area contributed by atoms with Gasteiger partial charge in [-0.2, -0.15) is 5.26 Å². The van der Waals surface area contributed by atoms with E-state index in [4.69, 9.17) is 0 Å². The van der Waals surface area contributed by atoms with Crippen LogP contribution >= 0.6 is 11.3 Å². The lowest BCUT2D eigenvalue weighted by Gasteiger charge is -2.29. The van der Waals surface area contributed by atoms with Gasteiger partial charge in [0.1, 0.15) is 12.4 Å². The van der Waals surface area contributed by atoms with E-state index in [1.54, 1.807) is 57.5 Å². The Hall–Kier alpha value is -3.74. The Labute approximate surface area is 227 Å². The number of carbonyl (C=O) groups is 2. The Balaban J connectivity index is 1.52. The number of urea groups is 1. The fourth-order valence-corrected chi connectivity index (χ4v) is 5.36. The second-order valence-electron chi connectivity index (χ2n) is 9.50. The van der Waals surface area contributed by atoms with Crippen molar-refractivity contribution >= 4 is 29.0 Å². The molecule has 0 aliphatic carbocycles. The molecule has 1 fully saturated rings. The fourth-order valence-electron chi connectivity index (χ4n) is 4.43. The molecule has 9 heteroatoms. The average Bonchev–Trinajstić information content (AvgIpc) is 3.59. The average molecular weight is 534 g/mol. The largest absolute Gasteiger partial charge is 0.332 e. The van der Waals surface area contributed by atoms with Crippen LogP contribution in [0.25, 0.3) is 0 Å². The van der Waals surface area contributed by atoms with Crippen molar-refractivity contribution in [1.29, 1.82) is 5.26 Å². The van der Waals surface area contributed by atoms with Gasteiger partial charge in [-0.3, -0.25) is 4.79 Å². The first-order valence-corrected chi connectivity index (χ1v) is 13.6. The summed E-state index contributed by atoms with van der Waals surface area (Å²) in [6, 6.07) is 16.6. The van der Waals surface area contributed by atoms with Gasteiger partial charge in [0, 0.05) is 30.2 Å². The van der Waals surface area contributed by atoms with Crippen molar-refractivity contribution in [2.24, 2.45) is 0 Å². The molecule has 0 atom stereocenters. The van der Waals surface area contributed by atoms with Gasteiger partial charge in [0.25, 0.3) is 0 Å². The highest BCUT2D eigenvalue weighted by atomic mass is 32.1. The number of benzene rings is 2. The van der Waals surface area contributed by atoms with E-state index in [2.05, 4.69) is 16.3 Å². The fraction of sp³-hybridized carbons (Fsp3) is 0.345. The molecule has 0 saturated carbocycles. The predicted molar refractivity (Wildman–Crippen MR) is 147 cm³/mol. The van der Waals surface area contributed by atoms with Gasteiger partial charge in [-0.15, -0.1) is 11.3 Å². The first-order valence-electron chi connectivity index (χ1n) is 12.7. The molecule has 0 radical (unpaired) electrons. The van der Waals surface area contributed by atoms with Crippen molar-refractivity contribution in [3.63, 3.8) is 0 Å². The molecule has 1 aliphatic rings. The summed E-state index contributed by atoms with van der Waals surface area (Å²) in [4.78, 5) is 33.7. The van der Waals surface area contributed by atoms with Crippen molar-refractivity contribution in [3.8, 4) is 6.07 Å². The van der Waals surface area contributed by atoms with Crippen LogP contribution in [0.5, 0.6) is 0 Å². The molecule has 1 aliphatic heterocycles. The molecule has 1 aromatic heterocycles. The molecular formula is C29H32FN5O2S. The molecule has 1 N–H and O–H groups in total. The van der Waals surface area contributed by atoms with Crippen molar-refractivity contribution < 1.29 is 14.0 Å². The molecule has 0 spiro atoms. The van der Waals surface area contributed by atoms with Gasteiger partial charge in [-0.1, -0.05) is 18.2 Å². The van der Waals surface area contributed by atoms with Gasteiger partial charge in [0.2, 0.25) is 5.91 Å². The summed E-state index contributed by atoms with van der Waals surface area (Å²) >= 11 is 1.59. The molecule has 2 heterocycles. The zero-order chi connectivity index (χ0) is 26.9. The lowest BCUT2D eigenvalue weighted by Crippen LogP contribution is -2.46. The number of anilines is 1. The zero-order valence-electron chi connectivity index (χ0n) is 21.5. The summed E-state index contributed by atoms with van der Waals surface area (Å²) in [6.07, 6.45) is 2.27. The van der Waals surface area contributed by atoms with Crippen LogP contribution in [0.2, 0.25) is 0 Å². The van der Waals surface area contributed by atoms with E-state index in [1.165, 1.54) is 12.1 Å². The van der Waals surface area contributed by atoms with E-state index in [9.17, 15) is 19.2 Å².